The van der Waals surface area contributed by atoms with Gasteiger partial charge in [-0.25, -0.2) is 4.98 Å². The minimum atomic E-state index is -0.708. The monoisotopic (exact) mass is 427 g/mol. The summed E-state index contributed by atoms with van der Waals surface area (Å²) in [6, 6.07) is 16.1. The van der Waals surface area contributed by atoms with E-state index in [1.807, 2.05) is 32.0 Å². The SMILES string of the molecule is CC(C)C(NC(=O)c1ccccc1Cl)C(=O)Nc1ncc(Cc2ccccc2)s1. The molecule has 3 aromatic rings. The molecule has 0 radical (unpaired) electrons. The van der Waals surface area contributed by atoms with Crippen molar-refractivity contribution in [2.75, 3.05) is 5.32 Å². The zero-order valence-electron chi connectivity index (χ0n) is 16.2. The van der Waals surface area contributed by atoms with Crippen molar-refractivity contribution < 1.29 is 9.59 Å². The minimum absolute atomic E-state index is 0.106. The number of halogens is 1. The third kappa shape index (κ3) is 5.65. The topological polar surface area (TPSA) is 71.1 Å². The van der Waals surface area contributed by atoms with E-state index in [4.69, 9.17) is 11.6 Å². The van der Waals surface area contributed by atoms with Crippen LogP contribution in [0, 0.1) is 5.92 Å². The summed E-state index contributed by atoms with van der Waals surface area (Å²) in [4.78, 5) is 30.7. The molecule has 0 aliphatic rings. The fourth-order valence-corrected chi connectivity index (χ4v) is 3.90. The van der Waals surface area contributed by atoms with Gasteiger partial charge >= 0.3 is 0 Å². The summed E-state index contributed by atoms with van der Waals surface area (Å²) in [6.45, 7) is 3.75. The van der Waals surface area contributed by atoms with Crippen molar-refractivity contribution in [3.8, 4) is 0 Å². The first-order chi connectivity index (χ1) is 13.9. The molecule has 7 heteroatoms. The van der Waals surface area contributed by atoms with Gasteiger partial charge < -0.3 is 10.6 Å². The molecule has 150 valence electrons. The van der Waals surface area contributed by atoms with Crippen LogP contribution >= 0.6 is 22.9 Å². The average Bonchev–Trinajstić information content (AvgIpc) is 3.13. The van der Waals surface area contributed by atoms with Crippen LogP contribution in [0.25, 0.3) is 0 Å². The van der Waals surface area contributed by atoms with Gasteiger partial charge in [0, 0.05) is 17.5 Å². The van der Waals surface area contributed by atoms with Crippen LogP contribution in [0.5, 0.6) is 0 Å². The van der Waals surface area contributed by atoms with E-state index in [0.29, 0.717) is 15.7 Å². The number of carbonyl (C=O) groups excluding carboxylic acids is 2. The molecule has 29 heavy (non-hydrogen) atoms. The first-order valence-electron chi connectivity index (χ1n) is 9.29. The Morgan fingerprint density at radius 3 is 2.45 bits per heavy atom. The van der Waals surface area contributed by atoms with Crippen LogP contribution in [-0.2, 0) is 11.2 Å². The molecule has 3 rings (SSSR count). The Bertz CT molecular complexity index is 988. The molecule has 2 N–H and O–H groups in total. The van der Waals surface area contributed by atoms with Crippen LogP contribution < -0.4 is 10.6 Å². The first-order valence-corrected chi connectivity index (χ1v) is 10.5. The molecule has 1 heterocycles. The number of aromatic nitrogens is 1. The number of nitrogens with zero attached hydrogens (tertiary/aromatic N) is 1. The lowest BCUT2D eigenvalue weighted by molar-refractivity contribution is -0.118. The molecule has 0 aliphatic carbocycles. The zero-order valence-corrected chi connectivity index (χ0v) is 17.8. The van der Waals surface area contributed by atoms with Crippen molar-refractivity contribution in [1.29, 1.82) is 0 Å². The maximum Gasteiger partial charge on any atom is 0.253 e. The van der Waals surface area contributed by atoms with Crippen LogP contribution in [0.2, 0.25) is 5.02 Å². The van der Waals surface area contributed by atoms with Crippen molar-refractivity contribution in [3.05, 3.63) is 81.8 Å². The molecular weight excluding hydrogens is 406 g/mol. The van der Waals surface area contributed by atoms with Gasteiger partial charge in [-0.1, -0.05) is 67.9 Å². The fourth-order valence-electron chi connectivity index (χ4n) is 2.83. The van der Waals surface area contributed by atoms with Gasteiger partial charge in [-0.15, -0.1) is 11.3 Å². The summed E-state index contributed by atoms with van der Waals surface area (Å²) in [5, 5.41) is 6.46. The summed E-state index contributed by atoms with van der Waals surface area (Å²) in [5.74, 6) is -0.792. The quantitative estimate of drug-likeness (QED) is 0.570. The van der Waals surface area contributed by atoms with Crippen LogP contribution in [0.4, 0.5) is 5.13 Å². The number of amides is 2. The molecule has 0 fully saturated rings. The van der Waals surface area contributed by atoms with Gasteiger partial charge in [0.2, 0.25) is 5.91 Å². The van der Waals surface area contributed by atoms with E-state index in [1.165, 1.54) is 16.9 Å². The lowest BCUT2D eigenvalue weighted by atomic mass is 10.0. The first kappa shape index (κ1) is 21.0. The average molecular weight is 428 g/mol. The summed E-state index contributed by atoms with van der Waals surface area (Å²) in [6.07, 6.45) is 2.52. The molecule has 5 nitrogen and oxygen atoms in total. The van der Waals surface area contributed by atoms with E-state index in [1.54, 1.807) is 30.5 Å². The number of nitrogens with one attached hydrogen (secondary N) is 2. The normalized spacial score (nSPS) is 11.9. The van der Waals surface area contributed by atoms with E-state index in [0.717, 1.165) is 11.3 Å². The van der Waals surface area contributed by atoms with Gasteiger partial charge in [-0.3, -0.25) is 9.59 Å². The van der Waals surface area contributed by atoms with Crippen molar-refractivity contribution in [1.82, 2.24) is 10.3 Å². The fraction of sp³-hybridized carbons (Fsp3) is 0.227. The third-order valence-electron chi connectivity index (χ3n) is 4.36. The van der Waals surface area contributed by atoms with Gasteiger partial charge in [0.05, 0.1) is 10.6 Å². The lowest BCUT2D eigenvalue weighted by Crippen LogP contribution is -2.47. The van der Waals surface area contributed by atoms with E-state index in [9.17, 15) is 9.59 Å². The van der Waals surface area contributed by atoms with Gasteiger partial charge in [-0.05, 0) is 23.6 Å². The van der Waals surface area contributed by atoms with E-state index < -0.39 is 6.04 Å². The van der Waals surface area contributed by atoms with Crippen molar-refractivity contribution >= 4 is 39.9 Å². The highest BCUT2D eigenvalue weighted by Gasteiger charge is 2.26. The smallest absolute Gasteiger partial charge is 0.253 e. The van der Waals surface area contributed by atoms with Gasteiger partial charge in [0.25, 0.3) is 5.91 Å². The van der Waals surface area contributed by atoms with Crippen molar-refractivity contribution in [2.45, 2.75) is 26.3 Å². The van der Waals surface area contributed by atoms with Crippen molar-refractivity contribution in [2.24, 2.45) is 5.92 Å². The predicted molar refractivity (Wildman–Crippen MR) is 118 cm³/mol. The van der Waals surface area contributed by atoms with E-state index in [-0.39, 0.29) is 17.7 Å². The Morgan fingerprint density at radius 2 is 1.76 bits per heavy atom. The number of thiazole rings is 1. The van der Waals surface area contributed by atoms with Crippen LogP contribution in [0.15, 0.2) is 60.8 Å². The highest BCUT2D eigenvalue weighted by Crippen LogP contribution is 2.22. The van der Waals surface area contributed by atoms with Gasteiger partial charge in [-0.2, -0.15) is 0 Å². The van der Waals surface area contributed by atoms with E-state index >= 15 is 0 Å². The Hall–Kier alpha value is -2.70. The second-order valence-electron chi connectivity index (χ2n) is 6.96. The molecule has 2 amide bonds. The molecule has 1 unspecified atom stereocenters. The number of hydrogen-bond donors (Lipinski definition) is 2. The van der Waals surface area contributed by atoms with Crippen LogP contribution in [-0.4, -0.2) is 22.8 Å². The highest BCUT2D eigenvalue weighted by atomic mass is 35.5. The predicted octanol–water partition coefficient (Wildman–Crippen LogP) is 4.78. The standard InChI is InChI=1S/C22H22ClN3O2S/c1-14(2)19(25-20(27)17-10-6-7-11-18(17)23)21(28)26-22-24-13-16(29-22)12-15-8-4-3-5-9-15/h3-11,13-14,19H,12H2,1-2H3,(H,25,27)(H,24,26,28). The van der Waals surface area contributed by atoms with E-state index in [2.05, 4.69) is 27.8 Å². The maximum absolute atomic E-state index is 12.8. The third-order valence-corrected chi connectivity index (χ3v) is 5.60. The highest BCUT2D eigenvalue weighted by molar-refractivity contribution is 7.15. The van der Waals surface area contributed by atoms with Crippen LogP contribution in [0.1, 0.15) is 34.6 Å². The number of rotatable bonds is 7. The second kappa shape index (κ2) is 9.67. The van der Waals surface area contributed by atoms with Crippen molar-refractivity contribution in [3.63, 3.8) is 0 Å². The summed E-state index contributed by atoms with van der Waals surface area (Å²) in [5.41, 5.74) is 1.52. The second-order valence-corrected chi connectivity index (χ2v) is 8.48. The summed E-state index contributed by atoms with van der Waals surface area (Å²) in [7, 11) is 0. The Kier molecular flexibility index (Phi) is 7.01. The van der Waals surface area contributed by atoms with Gasteiger partial charge in [0.1, 0.15) is 6.04 Å². The molecule has 0 saturated carbocycles. The van der Waals surface area contributed by atoms with Gasteiger partial charge in [0.15, 0.2) is 5.13 Å². The summed E-state index contributed by atoms with van der Waals surface area (Å²) < 4.78 is 0. The molecule has 0 bridgehead atoms. The lowest BCUT2D eigenvalue weighted by Gasteiger charge is -2.21. The number of carbonyl (C=O) groups is 2. The molecule has 0 aliphatic heterocycles. The molecule has 2 aromatic carbocycles. The Morgan fingerprint density at radius 1 is 1.07 bits per heavy atom. The largest absolute Gasteiger partial charge is 0.340 e. The Balaban J connectivity index is 1.66. The molecule has 1 aromatic heterocycles. The Labute approximate surface area is 179 Å². The molecular formula is C22H22ClN3O2S. The molecule has 0 saturated heterocycles. The number of anilines is 1. The molecule has 0 spiro atoms. The number of benzene rings is 2. The summed E-state index contributed by atoms with van der Waals surface area (Å²) >= 11 is 7.52. The van der Waals surface area contributed by atoms with Crippen LogP contribution in [0.3, 0.4) is 0 Å². The number of hydrogen-bond acceptors (Lipinski definition) is 4. The molecule has 1 atom stereocenters. The maximum atomic E-state index is 12.8. The zero-order chi connectivity index (χ0) is 20.8. The minimum Gasteiger partial charge on any atom is -0.340 e.